The summed E-state index contributed by atoms with van der Waals surface area (Å²) in [6.45, 7) is 3.26. The molecule has 6 heteroatoms. The molecule has 5 nitrogen and oxygen atoms in total. The van der Waals surface area contributed by atoms with E-state index in [0.717, 1.165) is 23.5 Å². The standard InChI is InChI=1S/C18H19FN4O/c1-2-23-16(22-15-8-5-10-21-18(15)23)9-11-20-17(24)12-13-6-3-4-7-14(13)19/h3-8,10H,2,9,11-12H2,1H3,(H,20,24). The van der Waals surface area contributed by atoms with Gasteiger partial charge < -0.3 is 9.88 Å². The molecule has 3 aromatic rings. The molecule has 0 aliphatic heterocycles. The maximum absolute atomic E-state index is 13.6. The van der Waals surface area contributed by atoms with E-state index in [4.69, 9.17) is 0 Å². The van der Waals surface area contributed by atoms with Crippen molar-refractivity contribution in [1.29, 1.82) is 0 Å². The third-order valence-electron chi connectivity index (χ3n) is 3.88. The number of aryl methyl sites for hydroxylation is 1. The van der Waals surface area contributed by atoms with Crippen LogP contribution in [-0.2, 0) is 24.2 Å². The quantitative estimate of drug-likeness (QED) is 0.757. The predicted molar refractivity (Wildman–Crippen MR) is 90.0 cm³/mol. The van der Waals surface area contributed by atoms with Gasteiger partial charge in [-0.25, -0.2) is 14.4 Å². The van der Waals surface area contributed by atoms with Crippen LogP contribution in [0.2, 0.25) is 0 Å². The SMILES string of the molecule is CCn1c(CCNC(=O)Cc2ccccc2F)nc2cccnc21. The van der Waals surface area contributed by atoms with E-state index >= 15 is 0 Å². The zero-order valence-corrected chi connectivity index (χ0v) is 13.5. The van der Waals surface area contributed by atoms with Gasteiger partial charge in [-0.1, -0.05) is 18.2 Å². The molecule has 0 spiro atoms. The van der Waals surface area contributed by atoms with Crippen LogP contribution in [0, 0.1) is 5.82 Å². The first kappa shape index (κ1) is 16.1. The van der Waals surface area contributed by atoms with Gasteiger partial charge in [0, 0.05) is 25.7 Å². The number of pyridine rings is 1. The largest absolute Gasteiger partial charge is 0.355 e. The van der Waals surface area contributed by atoms with E-state index in [-0.39, 0.29) is 18.1 Å². The molecule has 0 aliphatic carbocycles. The topological polar surface area (TPSA) is 59.8 Å². The summed E-state index contributed by atoms with van der Waals surface area (Å²) in [5.41, 5.74) is 2.11. The van der Waals surface area contributed by atoms with Gasteiger partial charge in [0.15, 0.2) is 5.65 Å². The van der Waals surface area contributed by atoms with E-state index in [9.17, 15) is 9.18 Å². The van der Waals surface area contributed by atoms with Crippen LogP contribution in [-0.4, -0.2) is 27.0 Å². The number of carbonyl (C=O) groups is 1. The minimum Gasteiger partial charge on any atom is -0.355 e. The van der Waals surface area contributed by atoms with Crippen LogP contribution < -0.4 is 5.32 Å². The number of carbonyl (C=O) groups excluding carboxylic acids is 1. The number of aromatic nitrogens is 3. The highest BCUT2D eigenvalue weighted by molar-refractivity contribution is 5.78. The monoisotopic (exact) mass is 326 g/mol. The summed E-state index contributed by atoms with van der Waals surface area (Å²) < 4.78 is 15.6. The molecular formula is C18H19FN4O. The highest BCUT2D eigenvalue weighted by Gasteiger charge is 2.11. The molecular weight excluding hydrogens is 307 g/mol. The fourth-order valence-electron chi connectivity index (χ4n) is 2.72. The number of nitrogens with one attached hydrogen (secondary N) is 1. The van der Waals surface area contributed by atoms with E-state index in [0.29, 0.717) is 18.5 Å². The highest BCUT2D eigenvalue weighted by atomic mass is 19.1. The summed E-state index contributed by atoms with van der Waals surface area (Å²) in [6, 6.07) is 10.1. The van der Waals surface area contributed by atoms with Crippen molar-refractivity contribution in [2.45, 2.75) is 26.3 Å². The molecule has 0 saturated carbocycles. The van der Waals surface area contributed by atoms with Crippen LogP contribution in [0.4, 0.5) is 4.39 Å². The minimum atomic E-state index is -0.355. The first-order valence-corrected chi connectivity index (χ1v) is 7.99. The van der Waals surface area contributed by atoms with Gasteiger partial charge in [-0.15, -0.1) is 0 Å². The first-order chi connectivity index (χ1) is 11.7. The van der Waals surface area contributed by atoms with E-state index < -0.39 is 0 Å². The van der Waals surface area contributed by atoms with Crippen molar-refractivity contribution in [3.8, 4) is 0 Å². The average Bonchev–Trinajstić information content (AvgIpc) is 2.94. The second-order valence-electron chi connectivity index (χ2n) is 5.49. The number of imidazole rings is 1. The van der Waals surface area contributed by atoms with Gasteiger partial charge in [-0.3, -0.25) is 4.79 Å². The van der Waals surface area contributed by atoms with Crippen molar-refractivity contribution >= 4 is 17.1 Å². The Labute approximate surface area is 139 Å². The Morgan fingerprint density at radius 3 is 2.88 bits per heavy atom. The van der Waals surface area contributed by atoms with Crippen LogP contribution >= 0.6 is 0 Å². The molecule has 0 radical (unpaired) electrons. The molecule has 1 N–H and O–H groups in total. The van der Waals surface area contributed by atoms with Crippen molar-refractivity contribution in [2.75, 3.05) is 6.54 Å². The summed E-state index contributed by atoms with van der Waals surface area (Å²) in [4.78, 5) is 20.9. The molecule has 2 heterocycles. The van der Waals surface area contributed by atoms with Gasteiger partial charge in [0.25, 0.3) is 0 Å². The summed E-state index contributed by atoms with van der Waals surface area (Å²) in [5.74, 6) is 0.335. The maximum Gasteiger partial charge on any atom is 0.224 e. The van der Waals surface area contributed by atoms with Crippen LogP contribution in [0.3, 0.4) is 0 Å². The Balaban J connectivity index is 1.60. The van der Waals surface area contributed by atoms with Crippen molar-refractivity contribution in [2.24, 2.45) is 0 Å². The maximum atomic E-state index is 13.6. The lowest BCUT2D eigenvalue weighted by atomic mass is 10.1. The number of amides is 1. The predicted octanol–water partition coefficient (Wildman–Crippen LogP) is 2.49. The summed E-state index contributed by atoms with van der Waals surface area (Å²) in [5, 5.41) is 2.82. The fourth-order valence-corrected chi connectivity index (χ4v) is 2.72. The molecule has 0 atom stereocenters. The Bertz CT molecular complexity index is 859. The normalized spacial score (nSPS) is 10.9. The number of hydrogen-bond donors (Lipinski definition) is 1. The Kier molecular flexibility index (Phi) is 4.84. The molecule has 1 aromatic carbocycles. The lowest BCUT2D eigenvalue weighted by molar-refractivity contribution is -0.120. The second kappa shape index (κ2) is 7.21. The van der Waals surface area contributed by atoms with E-state index in [1.807, 2.05) is 23.6 Å². The second-order valence-corrected chi connectivity index (χ2v) is 5.49. The van der Waals surface area contributed by atoms with Crippen molar-refractivity contribution in [3.63, 3.8) is 0 Å². The Hall–Kier alpha value is -2.76. The summed E-state index contributed by atoms with van der Waals surface area (Å²) >= 11 is 0. The third-order valence-corrected chi connectivity index (χ3v) is 3.88. The highest BCUT2D eigenvalue weighted by Crippen LogP contribution is 2.13. The number of fused-ring (bicyclic) bond motifs is 1. The van der Waals surface area contributed by atoms with E-state index in [1.54, 1.807) is 24.4 Å². The molecule has 0 fully saturated rings. The number of benzene rings is 1. The van der Waals surface area contributed by atoms with Gasteiger partial charge in [0.2, 0.25) is 5.91 Å². The summed E-state index contributed by atoms with van der Waals surface area (Å²) in [7, 11) is 0. The Morgan fingerprint density at radius 2 is 2.08 bits per heavy atom. The number of halogens is 1. The lowest BCUT2D eigenvalue weighted by Crippen LogP contribution is -2.28. The van der Waals surface area contributed by atoms with E-state index in [1.165, 1.54) is 6.07 Å². The first-order valence-electron chi connectivity index (χ1n) is 7.99. The number of rotatable bonds is 6. The van der Waals surface area contributed by atoms with Crippen molar-refractivity contribution in [3.05, 3.63) is 59.8 Å². The molecule has 0 saturated heterocycles. The van der Waals surface area contributed by atoms with Crippen molar-refractivity contribution < 1.29 is 9.18 Å². The van der Waals surface area contributed by atoms with Gasteiger partial charge in [-0.2, -0.15) is 0 Å². The zero-order chi connectivity index (χ0) is 16.9. The Morgan fingerprint density at radius 1 is 1.25 bits per heavy atom. The minimum absolute atomic E-state index is 0.0401. The zero-order valence-electron chi connectivity index (χ0n) is 13.5. The molecule has 24 heavy (non-hydrogen) atoms. The fraction of sp³-hybridized carbons (Fsp3) is 0.278. The van der Waals surface area contributed by atoms with Crippen molar-refractivity contribution in [1.82, 2.24) is 19.9 Å². The molecule has 0 unspecified atom stereocenters. The number of nitrogens with zero attached hydrogens (tertiary/aromatic N) is 3. The smallest absolute Gasteiger partial charge is 0.224 e. The van der Waals surface area contributed by atoms with Gasteiger partial charge in [0.05, 0.1) is 6.42 Å². The van der Waals surface area contributed by atoms with Gasteiger partial charge in [-0.05, 0) is 30.7 Å². The van der Waals surface area contributed by atoms with Crippen LogP contribution in [0.25, 0.3) is 11.2 Å². The summed E-state index contributed by atoms with van der Waals surface area (Å²) in [6.07, 6.45) is 2.39. The third kappa shape index (κ3) is 3.42. The van der Waals surface area contributed by atoms with Gasteiger partial charge >= 0.3 is 0 Å². The average molecular weight is 326 g/mol. The molecule has 124 valence electrons. The van der Waals surface area contributed by atoms with Crippen LogP contribution in [0.1, 0.15) is 18.3 Å². The number of hydrogen-bond acceptors (Lipinski definition) is 3. The molecule has 0 bridgehead atoms. The molecule has 0 aliphatic rings. The molecule has 3 rings (SSSR count). The van der Waals surface area contributed by atoms with Crippen LogP contribution in [0.15, 0.2) is 42.6 Å². The van der Waals surface area contributed by atoms with Gasteiger partial charge in [0.1, 0.15) is 17.2 Å². The van der Waals surface area contributed by atoms with E-state index in [2.05, 4.69) is 15.3 Å². The molecule has 1 amide bonds. The lowest BCUT2D eigenvalue weighted by Gasteiger charge is -2.07. The van der Waals surface area contributed by atoms with Crippen LogP contribution in [0.5, 0.6) is 0 Å². The molecule has 2 aromatic heterocycles.